The van der Waals surface area contributed by atoms with Crippen LogP contribution in [-0.4, -0.2) is 45.4 Å². The van der Waals surface area contributed by atoms with E-state index >= 15 is 0 Å². The van der Waals surface area contributed by atoms with Gasteiger partial charge in [-0.25, -0.2) is 17.9 Å². The van der Waals surface area contributed by atoms with E-state index in [4.69, 9.17) is 5.14 Å². The lowest BCUT2D eigenvalue weighted by Gasteiger charge is -2.36. The first kappa shape index (κ1) is 18.8. The van der Waals surface area contributed by atoms with Crippen LogP contribution in [0.15, 0.2) is 47.4 Å². The Balaban J connectivity index is 1.75. The van der Waals surface area contributed by atoms with Crippen molar-refractivity contribution in [1.82, 2.24) is 4.90 Å². The molecule has 2 aromatic rings. The van der Waals surface area contributed by atoms with E-state index in [1.165, 1.54) is 36.4 Å². The van der Waals surface area contributed by atoms with Crippen LogP contribution >= 0.6 is 0 Å². The number of hydrogen-bond donors (Lipinski definition) is 1. The summed E-state index contributed by atoms with van der Waals surface area (Å²) < 4.78 is 36.7. The molecule has 27 heavy (non-hydrogen) atoms. The largest absolute Gasteiger partial charge is 0.367 e. The molecule has 0 saturated carbocycles. The number of sulfonamides is 1. The highest BCUT2D eigenvalue weighted by atomic mass is 32.2. The molecule has 2 aromatic carbocycles. The van der Waals surface area contributed by atoms with Crippen LogP contribution in [0.1, 0.15) is 15.9 Å². The molecule has 7 nitrogen and oxygen atoms in total. The summed E-state index contributed by atoms with van der Waals surface area (Å²) in [7, 11) is -3.90. The molecular weight excluding hydrogens is 371 g/mol. The van der Waals surface area contributed by atoms with Crippen LogP contribution in [0.2, 0.25) is 0 Å². The molecular formula is C18H17FN4O3S. The average molecular weight is 388 g/mol. The van der Waals surface area contributed by atoms with Gasteiger partial charge in [0, 0.05) is 26.2 Å². The average Bonchev–Trinajstić information content (AvgIpc) is 2.67. The van der Waals surface area contributed by atoms with Crippen LogP contribution < -0.4 is 10.0 Å². The first-order valence-electron chi connectivity index (χ1n) is 8.17. The molecule has 0 atom stereocenters. The SMILES string of the molecule is N#Cc1cc(S(N)(=O)=O)ccc1N1CCN(C(=O)c2ccccc2F)CC1. The minimum Gasteiger partial charge on any atom is -0.367 e. The van der Waals surface area contributed by atoms with E-state index in [0.717, 1.165) is 0 Å². The van der Waals surface area contributed by atoms with Crippen molar-refractivity contribution >= 4 is 21.6 Å². The molecule has 2 N–H and O–H groups in total. The summed E-state index contributed by atoms with van der Waals surface area (Å²) in [5.74, 6) is -0.937. The molecule has 0 aliphatic carbocycles. The predicted molar refractivity (Wildman–Crippen MR) is 97.0 cm³/mol. The standard InChI is InChI=1S/C18H17FN4O3S/c19-16-4-2-1-3-15(16)18(24)23-9-7-22(8-10-23)17-6-5-14(27(21,25)26)11-13(17)12-20/h1-6,11H,7-10H2,(H2,21,25,26). The third kappa shape index (κ3) is 3.92. The van der Waals surface area contributed by atoms with E-state index in [9.17, 15) is 22.9 Å². The van der Waals surface area contributed by atoms with E-state index in [1.807, 2.05) is 11.0 Å². The molecule has 1 aliphatic heterocycles. The van der Waals surface area contributed by atoms with Gasteiger partial charge in [-0.15, -0.1) is 0 Å². The first-order chi connectivity index (χ1) is 12.8. The molecule has 1 heterocycles. The van der Waals surface area contributed by atoms with Crippen molar-refractivity contribution in [1.29, 1.82) is 5.26 Å². The minimum atomic E-state index is -3.90. The van der Waals surface area contributed by atoms with Gasteiger partial charge in [0.2, 0.25) is 10.0 Å². The van der Waals surface area contributed by atoms with Gasteiger partial charge in [0.25, 0.3) is 5.91 Å². The second-order valence-corrected chi connectivity index (χ2v) is 7.66. The van der Waals surface area contributed by atoms with Crippen LogP contribution in [0.5, 0.6) is 0 Å². The number of carbonyl (C=O) groups is 1. The Hall–Kier alpha value is -2.96. The summed E-state index contributed by atoms with van der Waals surface area (Å²) >= 11 is 0. The van der Waals surface area contributed by atoms with Crippen molar-refractivity contribution in [2.24, 2.45) is 5.14 Å². The van der Waals surface area contributed by atoms with Crippen LogP contribution in [0, 0.1) is 17.1 Å². The van der Waals surface area contributed by atoms with E-state index in [0.29, 0.717) is 31.9 Å². The number of halogens is 1. The number of anilines is 1. The highest BCUT2D eigenvalue weighted by molar-refractivity contribution is 7.89. The maximum Gasteiger partial charge on any atom is 0.256 e. The Labute approximate surface area is 156 Å². The second kappa shape index (κ2) is 7.34. The van der Waals surface area contributed by atoms with Gasteiger partial charge in [-0.05, 0) is 30.3 Å². The molecule has 3 rings (SSSR count). The Morgan fingerprint density at radius 3 is 2.37 bits per heavy atom. The quantitative estimate of drug-likeness (QED) is 0.853. The van der Waals surface area contributed by atoms with Crippen LogP contribution in [-0.2, 0) is 10.0 Å². The number of primary sulfonamides is 1. The zero-order valence-corrected chi connectivity index (χ0v) is 15.1. The van der Waals surface area contributed by atoms with Crippen molar-refractivity contribution in [3.8, 4) is 6.07 Å². The molecule has 9 heteroatoms. The molecule has 140 valence electrons. The topological polar surface area (TPSA) is 107 Å². The highest BCUT2D eigenvalue weighted by Gasteiger charge is 2.25. The summed E-state index contributed by atoms with van der Waals surface area (Å²) in [5.41, 5.74) is 0.791. The van der Waals surface area contributed by atoms with E-state index in [2.05, 4.69) is 0 Å². The van der Waals surface area contributed by atoms with E-state index < -0.39 is 15.8 Å². The van der Waals surface area contributed by atoms with Gasteiger partial charge in [0.05, 0.1) is 21.7 Å². The molecule has 0 aromatic heterocycles. The molecule has 1 amide bonds. The van der Waals surface area contributed by atoms with Gasteiger partial charge in [0.1, 0.15) is 11.9 Å². The van der Waals surface area contributed by atoms with Crippen molar-refractivity contribution in [2.45, 2.75) is 4.90 Å². The predicted octanol–water partition coefficient (Wildman–Crippen LogP) is 1.31. The number of nitrogens with zero attached hydrogens (tertiary/aromatic N) is 3. The summed E-state index contributed by atoms with van der Waals surface area (Å²) in [6.45, 7) is 1.58. The lowest BCUT2D eigenvalue weighted by molar-refractivity contribution is 0.0742. The number of amides is 1. The van der Waals surface area contributed by atoms with Crippen LogP contribution in [0.4, 0.5) is 10.1 Å². The van der Waals surface area contributed by atoms with Crippen LogP contribution in [0.25, 0.3) is 0 Å². The number of nitriles is 1. The fraction of sp³-hybridized carbons (Fsp3) is 0.222. The maximum atomic E-state index is 13.8. The lowest BCUT2D eigenvalue weighted by atomic mass is 10.1. The Kier molecular flexibility index (Phi) is 5.12. The Morgan fingerprint density at radius 2 is 1.78 bits per heavy atom. The number of carbonyl (C=O) groups excluding carboxylic acids is 1. The number of nitrogens with two attached hydrogens (primary N) is 1. The van der Waals surface area contributed by atoms with Gasteiger partial charge >= 0.3 is 0 Å². The first-order valence-corrected chi connectivity index (χ1v) is 9.71. The fourth-order valence-electron chi connectivity index (χ4n) is 3.01. The van der Waals surface area contributed by atoms with Crippen LogP contribution in [0.3, 0.4) is 0 Å². The highest BCUT2D eigenvalue weighted by Crippen LogP contribution is 2.25. The number of rotatable bonds is 3. The van der Waals surface area contributed by atoms with Gasteiger partial charge in [0.15, 0.2) is 0 Å². The van der Waals surface area contributed by atoms with Gasteiger partial charge in [-0.1, -0.05) is 12.1 Å². The molecule has 1 aliphatic rings. The number of hydrogen-bond acceptors (Lipinski definition) is 5. The molecule has 0 radical (unpaired) electrons. The molecule has 0 unspecified atom stereocenters. The fourth-order valence-corrected chi connectivity index (χ4v) is 3.55. The third-order valence-corrected chi connectivity index (χ3v) is 5.34. The van der Waals surface area contributed by atoms with Crippen molar-refractivity contribution in [3.63, 3.8) is 0 Å². The minimum absolute atomic E-state index is 0.0289. The van der Waals surface area contributed by atoms with Gasteiger partial charge in [-0.3, -0.25) is 4.79 Å². The maximum absolute atomic E-state index is 13.8. The zero-order valence-electron chi connectivity index (χ0n) is 14.3. The lowest BCUT2D eigenvalue weighted by Crippen LogP contribution is -2.49. The van der Waals surface area contributed by atoms with E-state index in [-0.39, 0.29) is 21.9 Å². The monoisotopic (exact) mass is 388 g/mol. The summed E-state index contributed by atoms with van der Waals surface area (Å²) in [6, 6.07) is 11.9. The molecule has 0 bridgehead atoms. The molecule has 1 saturated heterocycles. The molecule has 1 fully saturated rings. The summed E-state index contributed by atoms with van der Waals surface area (Å²) in [4.78, 5) is 15.8. The van der Waals surface area contributed by atoms with Gasteiger partial charge in [-0.2, -0.15) is 5.26 Å². The summed E-state index contributed by atoms with van der Waals surface area (Å²) in [6.07, 6.45) is 0. The summed E-state index contributed by atoms with van der Waals surface area (Å²) in [5, 5.41) is 14.4. The third-order valence-electron chi connectivity index (χ3n) is 4.43. The normalized spacial score (nSPS) is 14.7. The smallest absolute Gasteiger partial charge is 0.256 e. The van der Waals surface area contributed by atoms with E-state index in [1.54, 1.807) is 11.0 Å². The zero-order chi connectivity index (χ0) is 19.6. The second-order valence-electron chi connectivity index (χ2n) is 6.09. The number of piperazine rings is 1. The van der Waals surface area contributed by atoms with Crippen molar-refractivity contribution < 1.29 is 17.6 Å². The molecule has 0 spiro atoms. The van der Waals surface area contributed by atoms with Crippen molar-refractivity contribution in [3.05, 3.63) is 59.4 Å². The van der Waals surface area contributed by atoms with Crippen molar-refractivity contribution in [2.75, 3.05) is 31.1 Å². The Morgan fingerprint density at radius 1 is 1.11 bits per heavy atom. The number of benzene rings is 2. The Bertz CT molecular complexity index is 1030. The van der Waals surface area contributed by atoms with Gasteiger partial charge < -0.3 is 9.80 Å².